The molecule has 92 valence electrons. The van der Waals surface area contributed by atoms with Gasteiger partial charge in [-0.2, -0.15) is 0 Å². The van der Waals surface area contributed by atoms with Gasteiger partial charge in [-0.3, -0.25) is 4.79 Å². The Bertz CT molecular complexity index is 584. The molecule has 0 radical (unpaired) electrons. The van der Waals surface area contributed by atoms with Gasteiger partial charge in [-0.05, 0) is 30.7 Å². The summed E-state index contributed by atoms with van der Waals surface area (Å²) in [6.45, 7) is 1.96. The number of hydrogen-bond donors (Lipinski definition) is 0. The summed E-state index contributed by atoms with van der Waals surface area (Å²) in [5, 5.41) is 0.319. The Balaban J connectivity index is 2.32. The number of anilines is 1. The molecule has 1 aromatic carbocycles. The topological polar surface area (TPSA) is 33.2 Å². The van der Waals surface area contributed by atoms with Gasteiger partial charge in [0.1, 0.15) is 10.8 Å². The maximum absolute atomic E-state index is 12.3. The van der Waals surface area contributed by atoms with E-state index in [-0.39, 0.29) is 5.91 Å². The number of aryl methyl sites for hydroxylation is 1. The van der Waals surface area contributed by atoms with E-state index in [1.807, 2.05) is 31.2 Å². The van der Waals surface area contributed by atoms with Crippen molar-refractivity contribution in [3.8, 4) is 0 Å². The van der Waals surface area contributed by atoms with E-state index < -0.39 is 0 Å². The van der Waals surface area contributed by atoms with Crippen molar-refractivity contribution in [1.29, 1.82) is 0 Å². The van der Waals surface area contributed by atoms with Crippen LogP contribution in [0.2, 0.25) is 5.15 Å². The van der Waals surface area contributed by atoms with Crippen molar-refractivity contribution in [2.75, 3.05) is 11.9 Å². The van der Waals surface area contributed by atoms with Crippen molar-refractivity contribution in [3.05, 3.63) is 58.9 Å². The van der Waals surface area contributed by atoms with E-state index in [4.69, 9.17) is 11.6 Å². The maximum atomic E-state index is 12.3. The Morgan fingerprint density at radius 2 is 1.89 bits per heavy atom. The van der Waals surface area contributed by atoms with Crippen LogP contribution in [-0.4, -0.2) is 17.9 Å². The second kappa shape index (κ2) is 5.19. The molecule has 1 heterocycles. The third-order valence-corrected chi connectivity index (χ3v) is 2.93. The van der Waals surface area contributed by atoms with Crippen LogP contribution in [0.3, 0.4) is 0 Å². The molecule has 0 saturated carbocycles. The molecule has 0 aliphatic carbocycles. The van der Waals surface area contributed by atoms with Gasteiger partial charge in [0.15, 0.2) is 0 Å². The van der Waals surface area contributed by atoms with Gasteiger partial charge in [-0.15, -0.1) is 0 Å². The van der Waals surface area contributed by atoms with Crippen LogP contribution in [-0.2, 0) is 0 Å². The third kappa shape index (κ3) is 2.51. The van der Waals surface area contributed by atoms with Crippen LogP contribution in [0.25, 0.3) is 0 Å². The zero-order chi connectivity index (χ0) is 13.1. The minimum atomic E-state index is -0.174. The molecule has 1 amide bonds. The van der Waals surface area contributed by atoms with Gasteiger partial charge in [0, 0.05) is 12.7 Å². The summed E-state index contributed by atoms with van der Waals surface area (Å²) in [5.74, 6) is -0.174. The first kappa shape index (κ1) is 12.6. The minimum absolute atomic E-state index is 0.174. The van der Waals surface area contributed by atoms with Gasteiger partial charge in [0.2, 0.25) is 0 Å². The number of pyridine rings is 1. The minimum Gasteiger partial charge on any atom is -0.310 e. The number of para-hydroxylation sites is 1. The summed E-state index contributed by atoms with van der Waals surface area (Å²) in [6, 6.07) is 12.7. The first-order valence-corrected chi connectivity index (χ1v) is 5.93. The van der Waals surface area contributed by atoms with Gasteiger partial charge >= 0.3 is 0 Å². The predicted molar refractivity (Wildman–Crippen MR) is 73.2 cm³/mol. The van der Waals surface area contributed by atoms with Gasteiger partial charge in [0.25, 0.3) is 5.91 Å². The molecule has 2 rings (SSSR count). The highest BCUT2D eigenvalue weighted by Crippen LogP contribution is 2.19. The Hall–Kier alpha value is -1.87. The molecule has 0 N–H and O–H groups in total. The number of halogens is 1. The van der Waals surface area contributed by atoms with Crippen LogP contribution in [0.1, 0.15) is 16.1 Å². The highest BCUT2D eigenvalue weighted by Gasteiger charge is 2.16. The zero-order valence-corrected chi connectivity index (χ0v) is 11.0. The molecule has 0 spiro atoms. The fraction of sp³-hybridized carbons (Fsp3) is 0.143. The van der Waals surface area contributed by atoms with E-state index >= 15 is 0 Å². The average molecular weight is 261 g/mol. The largest absolute Gasteiger partial charge is 0.310 e. The summed E-state index contributed by atoms with van der Waals surface area (Å²) in [5.41, 5.74) is 2.24. The zero-order valence-electron chi connectivity index (χ0n) is 10.2. The van der Waals surface area contributed by atoms with Crippen molar-refractivity contribution < 1.29 is 4.79 Å². The molecule has 0 bridgehead atoms. The molecule has 2 aromatic rings. The van der Waals surface area contributed by atoms with E-state index in [1.54, 1.807) is 30.1 Å². The number of hydrogen-bond acceptors (Lipinski definition) is 2. The molecule has 0 aliphatic heterocycles. The van der Waals surface area contributed by atoms with Gasteiger partial charge < -0.3 is 4.90 Å². The molecule has 0 saturated heterocycles. The Kier molecular flexibility index (Phi) is 3.63. The van der Waals surface area contributed by atoms with E-state index in [9.17, 15) is 4.79 Å². The summed E-state index contributed by atoms with van der Waals surface area (Å²) in [6.07, 6.45) is 0. The lowest BCUT2D eigenvalue weighted by molar-refractivity contribution is 0.0988. The fourth-order valence-corrected chi connectivity index (χ4v) is 1.91. The number of carbonyl (C=O) groups excluding carboxylic acids is 1. The van der Waals surface area contributed by atoms with Crippen molar-refractivity contribution in [2.45, 2.75) is 6.92 Å². The van der Waals surface area contributed by atoms with Crippen LogP contribution >= 0.6 is 11.6 Å². The van der Waals surface area contributed by atoms with Crippen LogP contribution in [0.15, 0.2) is 42.5 Å². The van der Waals surface area contributed by atoms with Crippen LogP contribution < -0.4 is 4.90 Å². The number of carbonyl (C=O) groups is 1. The van der Waals surface area contributed by atoms with E-state index in [2.05, 4.69) is 4.98 Å². The molecular weight excluding hydrogens is 248 g/mol. The Morgan fingerprint density at radius 3 is 2.56 bits per heavy atom. The van der Waals surface area contributed by atoms with Crippen molar-refractivity contribution in [3.63, 3.8) is 0 Å². The first-order chi connectivity index (χ1) is 8.59. The van der Waals surface area contributed by atoms with Gasteiger partial charge in [-0.25, -0.2) is 4.98 Å². The maximum Gasteiger partial charge on any atom is 0.276 e. The summed E-state index contributed by atoms with van der Waals surface area (Å²) < 4.78 is 0. The number of aromatic nitrogens is 1. The molecule has 4 heteroatoms. The SMILES string of the molecule is Cc1ccccc1N(C)C(=O)c1cccc(Cl)n1. The van der Waals surface area contributed by atoms with Crippen molar-refractivity contribution in [2.24, 2.45) is 0 Å². The molecule has 0 atom stereocenters. The quantitative estimate of drug-likeness (QED) is 0.776. The lowest BCUT2D eigenvalue weighted by Crippen LogP contribution is -2.27. The Labute approximate surface area is 111 Å². The number of amides is 1. The highest BCUT2D eigenvalue weighted by molar-refractivity contribution is 6.29. The fourth-order valence-electron chi connectivity index (χ4n) is 1.75. The molecular formula is C14H13ClN2O. The average Bonchev–Trinajstić information content (AvgIpc) is 2.37. The van der Waals surface area contributed by atoms with Crippen LogP contribution in [0, 0.1) is 6.92 Å². The number of benzene rings is 1. The summed E-state index contributed by atoms with van der Waals surface area (Å²) in [7, 11) is 1.73. The lowest BCUT2D eigenvalue weighted by Gasteiger charge is -2.19. The first-order valence-electron chi connectivity index (χ1n) is 5.56. The standard InChI is InChI=1S/C14H13ClN2O/c1-10-6-3-4-8-12(10)17(2)14(18)11-7-5-9-13(15)16-11/h3-9H,1-2H3. The molecule has 0 fully saturated rings. The molecule has 3 nitrogen and oxygen atoms in total. The monoisotopic (exact) mass is 260 g/mol. The molecule has 0 aliphatic rings. The summed E-state index contributed by atoms with van der Waals surface area (Å²) >= 11 is 5.79. The van der Waals surface area contributed by atoms with Crippen LogP contribution in [0.4, 0.5) is 5.69 Å². The van der Waals surface area contributed by atoms with Crippen molar-refractivity contribution in [1.82, 2.24) is 4.98 Å². The Morgan fingerprint density at radius 1 is 1.17 bits per heavy atom. The van der Waals surface area contributed by atoms with Crippen molar-refractivity contribution >= 4 is 23.2 Å². The van der Waals surface area contributed by atoms with Gasteiger partial charge in [0.05, 0.1) is 0 Å². The molecule has 0 unspecified atom stereocenters. The van der Waals surface area contributed by atoms with E-state index in [1.165, 1.54) is 0 Å². The third-order valence-electron chi connectivity index (χ3n) is 2.72. The molecule has 18 heavy (non-hydrogen) atoms. The highest BCUT2D eigenvalue weighted by atomic mass is 35.5. The van der Waals surface area contributed by atoms with E-state index in [0.717, 1.165) is 11.3 Å². The van der Waals surface area contributed by atoms with E-state index in [0.29, 0.717) is 10.8 Å². The van der Waals surface area contributed by atoms with Crippen LogP contribution in [0.5, 0.6) is 0 Å². The predicted octanol–water partition coefficient (Wildman–Crippen LogP) is 3.32. The number of nitrogens with zero attached hydrogens (tertiary/aromatic N) is 2. The lowest BCUT2D eigenvalue weighted by atomic mass is 10.2. The summed E-state index contributed by atoms with van der Waals surface area (Å²) in [4.78, 5) is 17.9. The smallest absolute Gasteiger partial charge is 0.276 e. The molecule has 1 aromatic heterocycles. The normalized spacial score (nSPS) is 10.2. The second-order valence-electron chi connectivity index (χ2n) is 4.00. The second-order valence-corrected chi connectivity index (χ2v) is 4.38. The van der Waals surface area contributed by atoms with Gasteiger partial charge in [-0.1, -0.05) is 35.9 Å². The number of rotatable bonds is 2.